The molecule has 1 saturated heterocycles. The molecule has 20 heavy (non-hydrogen) atoms. The van der Waals surface area contributed by atoms with Crippen LogP contribution in [0, 0.1) is 0 Å². The van der Waals surface area contributed by atoms with Gasteiger partial charge in [-0.2, -0.15) is 5.10 Å². The van der Waals surface area contributed by atoms with Gasteiger partial charge in [0, 0.05) is 32.1 Å². The van der Waals surface area contributed by atoms with Gasteiger partial charge < -0.3 is 10.2 Å². The van der Waals surface area contributed by atoms with Crippen molar-refractivity contribution in [1.82, 2.24) is 25.0 Å². The Hall–Kier alpha value is -1.43. The van der Waals surface area contributed by atoms with E-state index in [9.17, 15) is 4.79 Å². The average Bonchev–Trinajstić information content (AvgIpc) is 2.93. The molecule has 0 atom stereocenters. The first-order chi connectivity index (χ1) is 9.68. The molecule has 1 N–H and O–H groups in total. The van der Waals surface area contributed by atoms with Gasteiger partial charge >= 0.3 is 0 Å². The van der Waals surface area contributed by atoms with E-state index in [0.717, 1.165) is 31.8 Å². The largest absolute Gasteiger partial charge is 0.343 e. The molecule has 1 aliphatic rings. The average molecular weight is 279 g/mol. The van der Waals surface area contributed by atoms with Crippen LogP contribution in [0.2, 0.25) is 0 Å². The van der Waals surface area contributed by atoms with Crippen molar-refractivity contribution < 1.29 is 4.79 Å². The number of hydrogen-bond donors (Lipinski definition) is 1. The summed E-state index contributed by atoms with van der Waals surface area (Å²) >= 11 is 0. The Kier molecular flexibility index (Phi) is 5.52. The first-order valence-electron chi connectivity index (χ1n) is 7.55. The highest BCUT2D eigenvalue weighted by Crippen LogP contribution is 2.09. The Morgan fingerprint density at radius 1 is 1.35 bits per heavy atom. The third kappa shape index (κ3) is 4.03. The smallest absolute Gasteiger partial charge is 0.223 e. The van der Waals surface area contributed by atoms with Crippen LogP contribution in [-0.2, 0) is 11.3 Å². The summed E-state index contributed by atoms with van der Waals surface area (Å²) in [5, 5.41) is 7.48. The van der Waals surface area contributed by atoms with E-state index in [0.29, 0.717) is 25.6 Å². The van der Waals surface area contributed by atoms with Crippen LogP contribution in [0.15, 0.2) is 6.33 Å². The predicted octanol–water partition coefficient (Wildman–Crippen LogP) is 1.35. The number of amides is 1. The summed E-state index contributed by atoms with van der Waals surface area (Å²) in [6.07, 6.45) is 5.70. The van der Waals surface area contributed by atoms with Gasteiger partial charge in [0.1, 0.15) is 12.2 Å². The quantitative estimate of drug-likeness (QED) is 0.798. The second kappa shape index (κ2) is 7.38. The Labute approximate surface area is 120 Å². The van der Waals surface area contributed by atoms with Gasteiger partial charge in [-0.1, -0.05) is 0 Å². The van der Waals surface area contributed by atoms with Gasteiger partial charge in [-0.3, -0.25) is 4.79 Å². The lowest BCUT2D eigenvalue weighted by molar-refractivity contribution is -0.131. The summed E-state index contributed by atoms with van der Waals surface area (Å²) in [7, 11) is 0. The minimum absolute atomic E-state index is 0.266. The monoisotopic (exact) mass is 279 g/mol. The normalized spacial score (nSPS) is 15.8. The number of hydrogen-bond acceptors (Lipinski definition) is 4. The molecule has 0 bridgehead atoms. The predicted molar refractivity (Wildman–Crippen MR) is 77.2 cm³/mol. The van der Waals surface area contributed by atoms with Gasteiger partial charge in [0.15, 0.2) is 0 Å². The molecule has 1 aromatic rings. The Bertz CT molecular complexity index is 423. The van der Waals surface area contributed by atoms with E-state index in [2.05, 4.69) is 29.2 Å². The van der Waals surface area contributed by atoms with E-state index in [1.54, 1.807) is 6.33 Å². The van der Waals surface area contributed by atoms with E-state index in [4.69, 9.17) is 0 Å². The van der Waals surface area contributed by atoms with Gasteiger partial charge in [-0.15, -0.1) is 0 Å². The van der Waals surface area contributed by atoms with Crippen LogP contribution in [-0.4, -0.2) is 45.2 Å². The van der Waals surface area contributed by atoms with E-state index in [1.807, 2.05) is 9.58 Å². The molecule has 0 unspecified atom stereocenters. The van der Waals surface area contributed by atoms with Crippen LogP contribution in [0.25, 0.3) is 0 Å². The maximum Gasteiger partial charge on any atom is 0.223 e. The second-order valence-electron chi connectivity index (χ2n) is 5.58. The van der Waals surface area contributed by atoms with Crippen LogP contribution >= 0.6 is 0 Å². The molecule has 112 valence electrons. The first kappa shape index (κ1) is 15.0. The summed E-state index contributed by atoms with van der Waals surface area (Å²) < 4.78 is 1.90. The SMILES string of the molecule is CC(C)n1ncnc1CNCCC(=O)N1CCCCC1. The van der Waals surface area contributed by atoms with Crippen LogP contribution in [0.3, 0.4) is 0 Å². The van der Waals surface area contributed by atoms with E-state index in [-0.39, 0.29) is 5.91 Å². The molecule has 2 heterocycles. The van der Waals surface area contributed by atoms with E-state index < -0.39 is 0 Å². The molecule has 6 heteroatoms. The third-order valence-electron chi connectivity index (χ3n) is 3.64. The minimum Gasteiger partial charge on any atom is -0.343 e. The van der Waals surface area contributed by atoms with Crippen molar-refractivity contribution in [3.63, 3.8) is 0 Å². The summed E-state index contributed by atoms with van der Waals surface area (Å²) in [4.78, 5) is 18.2. The van der Waals surface area contributed by atoms with Gasteiger partial charge in [-0.25, -0.2) is 9.67 Å². The highest BCUT2D eigenvalue weighted by molar-refractivity contribution is 5.76. The number of carbonyl (C=O) groups excluding carboxylic acids is 1. The third-order valence-corrected chi connectivity index (χ3v) is 3.64. The lowest BCUT2D eigenvalue weighted by Crippen LogP contribution is -2.37. The number of likely N-dealkylation sites (tertiary alicyclic amines) is 1. The Morgan fingerprint density at radius 2 is 2.10 bits per heavy atom. The summed E-state index contributed by atoms with van der Waals surface area (Å²) in [6.45, 7) is 7.38. The number of rotatable bonds is 6. The molecule has 1 aromatic heterocycles. The van der Waals surface area contributed by atoms with E-state index >= 15 is 0 Å². The number of piperidine rings is 1. The minimum atomic E-state index is 0.266. The number of nitrogens with zero attached hydrogens (tertiary/aromatic N) is 4. The highest BCUT2D eigenvalue weighted by Gasteiger charge is 2.15. The van der Waals surface area contributed by atoms with Crippen LogP contribution in [0.1, 0.15) is 51.4 Å². The molecule has 1 aliphatic heterocycles. The van der Waals surface area contributed by atoms with Crippen molar-refractivity contribution in [1.29, 1.82) is 0 Å². The van der Waals surface area contributed by atoms with Gasteiger partial charge in [0.05, 0.1) is 6.54 Å². The topological polar surface area (TPSA) is 63.1 Å². The lowest BCUT2D eigenvalue weighted by atomic mass is 10.1. The van der Waals surface area contributed by atoms with Crippen molar-refractivity contribution in [2.75, 3.05) is 19.6 Å². The van der Waals surface area contributed by atoms with Gasteiger partial charge in [-0.05, 0) is 33.1 Å². The zero-order valence-electron chi connectivity index (χ0n) is 12.5. The fourth-order valence-corrected chi connectivity index (χ4v) is 2.53. The molecule has 0 spiro atoms. The first-order valence-corrected chi connectivity index (χ1v) is 7.55. The molecule has 0 radical (unpaired) electrons. The molecule has 6 nitrogen and oxygen atoms in total. The second-order valence-corrected chi connectivity index (χ2v) is 5.58. The molecule has 2 rings (SSSR count). The maximum atomic E-state index is 12.0. The molecular formula is C14H25N5O. The van der Waals surface area contributed by atoms with Gasteiger partial charge in [0.25, 0.3) is 0 Å². The molecular weight excluding hydrogens is 254 g/mol. The van der Waals surface area contributed by atoms with Crippen molar-refractivity contribution in [3.05, 3.63) is 12.2 Å². The summed E-state index contributed by atoms with van der Waals surface area (Å²) in [5.41, 5.74) is 0. The molecule has 0 aromatic carbocycles. The molecule has 0 saturated carbocycles. The fourth-order valence-electron chi connectivity index (χ4n) is 2.53. The molecule has 1 fully saturated rings. The lowest BCUT2D eigenvalue weighted by Gasteiger charge is -2.26. The van der Waals surface area contributed by atoms with Crippen molar-refractivity contribution in [2.45, 2.75) is 52.1 Å². The van der Waals surface area contributed by atoms with Crippen molar-refractivity contribution in [2.24, 2.45) is 0 Å². The van der Waals surface area contributed by atoms with E-state index in [1.165, 1.54) is 6.42 Å². The molecule has 0 aliphatic carbocycles. The Balaban J connectivity index is 1.68. The zero-order chi connectivity index (χ0) is 14.4. The highest BCUT2D eigenvalue weighted by atomic mass is 16.2. The number of aromatic nitrogens is 3. The summed E-state index contributed by atoms with van der Waals surface area (Å²) in [6, 6.07) is 0.310. The Morgan fingerprint density at radius 3 is 2.80 bits per heavy atom. The standard InChI is InChI=1S/C14H25N5O/c1-12(2)19-13(16-11-17-19)10-15-7-6-14(20)18-8-4-3-5-9-18/h11-12,15H,3-10H2,1-2H3. The van der Waals surface area contributed by atoms with Crippen LogP contribution in [0.5, 0.6) is 0 Å². The zero-order valence-corrected chi connectivity index (χ0v) is 12.5. The van der Waals surface area contributed by atoms with Crippen LogP contribution in [0.4, 0.5) is 0 Å². The molecule has 1 amide bonds. The maximum absolute atomic E-state index is 12.0. The fraction of sp³-hybridized carbons (Fsp3) is 0.786. The number of nitrogens with one attached hydrogen (secondary N) is 1. The van der Waals surface area contributed by atoms with Crippen LogP contribution < -0.4 is 5.32 Å². The van der Waals surface area contributed by atoms with Crippen molar-refractivity contribution >= 4 is 5.91 Å². The number of carbonyl (C=O) groups is 1. The summed E-state index contributed by atoms with van der Waals surface area (Å²) in [5.74, 6) is 1.19. The van der Waals surface area contributed by atoms with Gasteiger partial charge in [0.2, 0.25) is 5.91 Å². The van der Waals surface area contributed by atoms with Crippen molar-refractivity contribution in [3.8, 4) is 0 Å².